The molecule has 1 N–H and O–H groups in total. The first-order chi connectivity index (χ1) is 4.70. The first kappa shape index (κ1) is 6.01. The minimum absolute atomic E-state index is 0.265. The van der Waals surface area contributed by atoms with Crippen molar-refractivity contribution in [3.63, 3.8) is 0 Å². The highest BCUT2D eigenvalue weighted by molar-refractivity contribution is 5.67. The number of hydrogen-bond acceptors (Lipinski definition) is 1. The first-order valence-corrected chi connectivity index (χ1v) is 3.71. The van der Waals surface area contributed by atoms with Gasteiger partial charge in [-0.3, -0.25) is 0 Å². The van der Waals surface area contributed by atoms with Gasteiger partial charge in [0.15, 0.2) is 0 Å². The van der Waals surface area contributed by atoms with Crippen molar-refractivity contribution in [2.75, 3.05) is 0 Å². The van der Waals surface area contributed by atoms with Crippen LogP contribution in [0.5, 0.6) is 0 Å². The zero-order valence-electron chi connectivity index (χ0n) is 5.95. The summed E-state index contributed by atoms with van der Waals surface area (Å²) in [5.41, 5.74) is 0. The van der Waals surface area contributed by atoms with Gasteiger partial charge in [-0.25, -0.2) is 4.79 Å². The molecule has 1 saturated heterocycles. The highest BCUT2D eigenvalue weighted by Gasteiger charge is 2.52. The second-order valence-corrected chi connectivity index (χ2v) is 3.34. The maximum Gasteiger partial charge on any atom is 0.407 e. The van der Waals surface area contributed by atoms with Crippen molar-refractivity contribution < 1.29 is 9.90 Å². The van der Waals surface area contributed by atoms with Gasteiger partial charge in [-0.2, -0.15) is 0 Å². The molecule has 2 aliphatic rings. The molecule has 1 heterocycles. The smallest absolute Gasteiger partial charge is 0.407 e. The zero-order chi connectivity index (χ0) is 7.30. The number of rotatable bonds is 0. The second-order valence-electron chi connectivity index (χ2n) is 3.34. The Morgan fingerprint density at radius 1 is 1.60 bits per heavy atom. The van der Waals surface area contributed by atoms with E-state index in [0.717, 1.165) is 12.8 Å². The van der Waals surface area contributed by atoms with E-state index in [-0.39, 0.29) is 6.04 Å². The number of fused-ring (bicyclic) bond motifs is 1. The zero-order valence-corrected chi connectivity index (χ0v) is 5.95. The molecule has 1 aliphatic carbocycles. The van der Waals surface area contributed by atoms with Crippen LogP contribution in [0.1, 0.15) is 19.8 Å². The minimum atomic E-state index is -0.738. The van der Waals surface area contributed by atoms with Crippen molar-refractivity contribution in [2.24, 2.45) is 5.92 Å². The molecule has 1 aliphatic heterocycles. The third-order valence-corrected chi connectivity index (χ3v) is 2.58. The van der Waals surface area contributed by atoms with E-state index in [4.69, 9.17) is 5.11 Å². The maximum atomic E-state index is 10.6. The van der Waals surface area contributed by atoms with Gasteiger partial charge in [-0.05, 0) is 25.7 Å². The van der Waals surface area contributed by atoms with Crippen LogP contribution in [-0.2, 0) is 0 Å². The van der Waals surface area contributed by atoms with Gasteiger partial charge in [-0.15, -0.1) is 0 Å². The standard InChI is InChI=1S/C7H11NO2/c1-4-2-5-3-6(5)8(4)7(9)10/h4-6H,2-3H2,1H3,(H,9,10)/t4-,5-,6-/m1/s1. The monoisotopic (exact) mass is 141 g/mol. The molecule has 2 rings (SSSR count). The molecule has 0 spiro atoms. The summed E-state index contributed by atoms with van der Waals surface area (Å²) in [5.74, 6) is 0.700. The molecular formula is C7H11NO2. The minimum Gasteiger partial charge on any atom is -0.465 e. The lowest BCUT2D eigenvalue weighted by molar-refractivity contribution is 0.134. The van der Waals surface area contributed by atoms with Crippen LogP contribution in [0, 0.1) is 5.92 Å². The number of carboxylic acid groups (broad SMARTS) is 1. The number of likely N-dealkylation sites (tertiary alicyclic amines) is 1. The fourth-order valence-electron chi connectivity index (χ4n) is 2.03. The molecule has 10 heavy (non-hydrogen) atoms. The summed E-state index contributed by atoms with van der Waals surface area (Å²) in [7, 11) is 0. The van der Waals surface area contributed by atoms with Gasteiger partial charge >= 0.3 is 6.09 Å². The van der Waals surface area contributed by atoms with Crippen LogP contribution < -0.4 is 0 Å². The molecular weight excluding hydrogens is 130 g/mol. The van der Waals surface area contributed by atoms with Gasteiger partial charge in [0.25, 0.3) is 0 Å². The Hall–Kier alpha value is -0.730. The van der Waals surface area contributed by atoms with E-state index in [2.05, 4.69) is 0 Å². The number of hydrogen-bond donors (Lipinski definition) is 1. The van der Waals surface area contributed by atoms with E-state index in [1.807, 2.05) is 6.92 Å². The first-order valence-electron chi connectivity index (χ1n) is 3.71. The maximum absolute atomic E-state index is 10.6. The van der Waals surface area contributed by atoms with E-state index in [9.17, 15) is 4.79 Å². The lowest BCUT2D eigenvalue weighted by Crippen LogP contribution is -2.35. The summed E-state index contributed by atoms with van der Waals surface area (Å²) in [6.07, 6.45) is 1.45. The van der Waals surface area contributed by atoms with Crippen LogP contribution in [0.3, 0.4) is 0 Å². The topological polar surface area (TPSA) is 40.5 Å². The van der Waals surface area contributed by atoms with Crippen molar-refractivity contribution >= 4 is 6.09 Å². The van der Waals surface area contributed by atoms with Crippen molar-refractivity contribution in [1.82, 2.24) is 4.90 Å². The molecule has 2 fully saturated rings. The number of nitrogens with zero attached hydrogens (tertiary/aromatic N) is 1. The lowest BCUT2D eigenvalue weighted by atomic mass is 10.2. The van der Waals surface area contributed by atoms with Crippen molar-refractivity contribution in [3.8, 4) is 0 Å². The summed E-state index contributed by atoms with van der Waals surface area (Å²) >= 11 is 0. The van der Waals surface area contributed by atoms with E-state index < -0.39 is 6.09 Å². The fraction of sp³-hybridized carbons (Fsp3) is 0.857. The van der Waals surface area contributed by atoms with Crippen LogP contribution in [0.4, 0.5) is 4.79 Å². The van der Waals surface area contributed by atoms with Crippen LogP contribution in [-0.4, -0.2) is 28.2 Å². The quantitative estimate of drug-likeness (QED) is 0.549. The Bertz CT molecular complexity index is 178. The highest BCUT2D eigenvalue weighted by atomic mass is 16.4. The lowest BCUT2D eigenvalue weighted by Gasteiger charge is -2.20. The molecule has 1 saturated carbocycles. The molecule has 0 aromatic carbocycles. The number of carbonyl (C=O) groups is 1. The van der Waals surface area contributed by atoms with Crippen molar-refractivity contribution in [1.29, 1.82) is 0 Å². The third kappa shape index (κ3) is 0.632. The molecule has 0 bridgehead atoms. The molecule has 0 aromatic rings. The van der Waals surface area contributed by atoms with Gasteiger partial charge in [0.2, 0.25) is 0 Å². The summed E-state index contributed by atoms with van der Waals surface area (Å²) in [6, 6.07) is 0.647. The van der Waals surface area contributed by atoms with Crippen molar-refractivity contribution in [2.45, 2.75) is 31.8 Å². The molecule has 56 valence electrons. The Morgan fingerprint density at radius 3 is 2.60 bits per heavy atom. The van der Waals surface area contributed by atoms with Gasteiger partial charge in [0.05, 0.1) is 0 Å². The Kier molecular flexibility index (Phi) is 0.993. The highest BCUT2D eigenvalue weighted by Crippen LogP contribution is 2.47. The molecule has 3 atom stereocenters. The number of piperidine rings is 1. The largest absolute Gasteiger partial charge is 0.465 e. The Morgan fingerprint density at radius 2 is 2.30 bits per heavy atom. The molecule has 3 nitrogen and oxygen atoms in total. The van der Waals surface area contributed by atoms with E-state index in [0.29, 0.717) is 12.0 Å². The van der Waals surface area contributed by atoms with Gasteiger partial charge in [-0.1, -0.05) is 0 Å². The SMILES string of the molecule is C[C@@H]1C[C@@H]2C[C@H]2N1C(=O)O. The molecule has 3 heteroatoms. The predicted octanol–water partition coefficient (Wildman–Crippen LogP) is 1.15. The second kappa shape index (κ2) is 1.65. The summed E-state index contributed by atoms with van der Waals surface area (Å²) in [5, 5.41) is 8.71. The molecule has 0 aromatic heterocycles. The normalized spacial score (nSPS) is 43.3. The van der Waals surface area contributed by atoms with Crippen molar-refractivity contribution in [3.05, 3.63) is 0 Å². The molecule has 0 radical (unpaired) electrons. The molecule has 1 amide bonds. The average Bonchev–Trinajstić information content (AvgIpc) is 2.42. The Balaban J connectivity index is 2.12. The number of amides is 1. The summed E-state index contributed by atoms with van der Waals surface area (Å²) < 4.78 is 0. The van der Waals surface area contributed by atoms with E-state index >= 15 is 0 Å². The third-order valence-electron chi connectivity index (χ3n) is 2.58. The van der Waals surface area contributed by atoms with Crippen LogP contribution in [0.2, 0.25) is 0 Å². The summed E-state index contributed by atoms with van der Waals surface area (Å²) in [6.45, 7) is 1.99. The van der Waals surface area contributed by atoms with Crippen LogP contribution >= 0.6 is 0 Å². The predicted molar refractivity (Wildman–Crippen MR) is 35.8 cm³/mol. The van der Waals surface area contributed by atoms with Crippen LogP contribution in [0.25, 0.3) is 0 Å². The van der Waals surface area contributed by atoms with E-state index in [1.54, 1.807) is 4.90 Å². The van der Waals surface area contributed by atoms with Gasteiger partial charge in [0, 0.05) is 12.1 Å². The summed E-state index contributed by atoms with van der Waals surface area (Å²) in [4.78, 5) is 12.2. The fourth-order valence-corrected chi connectivity index (χ4v) is 2.03. The van der Waals surface area contributed by atoms with Crippen LogP contribution in [0.15, 0.2) is 0 Å². The van der Waals surface area contributed by atoms with Gasteiger partial charge < -0.3 is 10.0 Å². The Labute approximate surface area is 59.6 Å². The average molecular weight is 141 g/mol. The van der Waals surface area contributed by atoms with Gasteiger partial charge in [0.1, 0.15) is 0 Å². The molecule has 0 unspecified atom stereocenters. The van der Waals surface area contributed by atoms with E-state index in [1.165, 1.54) is 0 Å².